The van der Waals surface area contributed by atoms with Gasteiger partial charge in [-0.1, -0.05) is 86.5 Å². The molecular formula is C14H14Br2. The van der Waals surface area contributed by atoms with Crippen LogP contribution in [0.4, 0.5) is 0 Å². The Kier molecular flexibility index (Phi) is 4.04. The van der Waals surface area contributed by atoms with E-state index in [2.05, 4.69) is 86.5 Å². The fraction of sp³-hybridized carbons (Fsp3) is 0.286. The fourth-order valence-corrected chi connectivity index (χ4v) is 4.11. The summed E-state index contributed by atoms with van der Waals surface area (Å²) in [5, 5.41) is 1.93. The lowest BCUT2D eigenvalue weighted by atomic mass is 9.72. The van der Waals surface area contributed by atoms with Crippen molar-refractivity contribution in [2.24, 2.45) is 5.41 Å². The lowest BCUT2D eigenvalue weighted by Crippen LogP contribution is -2.30. The minimum absolute atomic E-state index is 0.149. The molecule has 0 heterocycles. The molecule has 1 aromatic rings. The molecular weight excluding hydrogens is 328 g/mol. The van der Waals surface area contributed by atoms with Gasteiger partial charge < -0.3 is 0 Å². The smallest absolute Gasteiger partial charge is 0.0182 e. The highest BCUT2D eigenvalue weighted by molar-refractivity contribution is 9.09. The molecule has 0 saturated carbocycles. The molecule has 1 aliphatic carbocycles. The summed E-state index contributed by atoms with van der Waals surface area (Å²) >= 11 is 7.30. The third-order valence-corrected chi connectivity index (χ3v) is 5.21. The molecule has 0 saturated heterocycles. The summed E-state index contributed by atoms with van der Waals surface area (Å²) in [7, 11) is 0. The van der Waals surface area contributed by atoms with Gasteiger partial charge in [0.2, 0.25) is 0 Å². The molecule has 0 radical (unpaired) electrons. The number of hydrogen-bond donors (Lipinski definition) is 0. The van der Waals surface area contributed by atoms with Crippen molar-refractivity contribution in [1.82, 2.24) is 0 Å². The van der Waals surface area contributed by atoms with E-state index in [1.165, 1.54) is 5.56 Å². The molecule has 0 spiro atoms. The van der Waals surface area contributed by atoms with Gasteiger partial charge >= 0.3 is 0 Å². The third-order valence-electron chi connectivity index (χ3n) is 3.12. The van der Waals surface area contributed by atoms with Crippen LogP contribution < -0.4 is 0 Å². The maximum atomic E-state index is 3.65. The summed E-state index contributed by atoms with van der Waals surface area (Å²) in [6.45, 7) is 0. The van der Waals surface area contributed by atoms with E-state index in [9.17, 15) is 0 Å². The molecule has 2 heteroatoms. The normalized spacial score (nSPS) is 22.2. The predicted molar refractivity (Wildman–Crippen MR) is 77.5 cm³/mol. The first-order valence-corrected chi connectivity index (χ1v) is 7.59. The number of halogens is 2. The van der Waals surface area contributed by atoms with Gasteiger partial charge in [0.05, 0.1) is 0 Å². The Bertz CT molecular complexity index is 388. The Labute approximate surface area is 114 Å². The van der Waals surface area contributed by atoms with Crippen LogP contribution >= 0.6 is 31.9 Å². The van der Waals surface area contributed by atoms with E-state index >= 15 is 0 Å². The van der Waals surface area contributed by atoms with Gasteiger partial charge in [0.1, 0.15) is 0 Å². The van der Waals surface area contributed by atoms with Gasteiger partial charge in [0.25, 0.3) is 0 Å². The van der Waals surface area contributed by atoms with Crippen molar-refractivity contribution < 1.29 is 0 Å². The Balaban J connectivity index is 2.39. The van der Waals surface area contributed by atoms with E-state index < -0.39 is 0 Å². The predicted octanol–water partition coefficient (Wildman–Crippen LogP) is 4.67. The fourth-order valence-electron chi connectivity index (χ4n) is 2.11. The van der Waals surface area contributed by atoms with Crippen LogP contribution in [0.15, 0.2) is 54.6 Å². The molecule has 0 nitrogen and oxygen atoms in total. The Hall–Kier alpha value is -0.340. The average Bonchev–Trinajstić information content (AvgIpc) is 2.39. The number of hydrogen-bond acceptors (Lipinski definition) is 0. The van der Waals surface area contributed by atoms with Crippen LogP contribution in [0.5, 0.6) is 0 Å². The first-order chi connectivity index (χ1) is 7.82. The second-order valence-corrected chi connectivity index (χ2v) is 5.25. The van der Waals surface area contributed by atoms with Crippen LogP contribution in [0.25, 0.3) is 0 Å². The molecule has 1 aromatic carbocycles. The molecule has 2 rings (SSSR count). The van der Waals surface area contributed by atoms with Crippen LogP contribution in [0.2, 0.25) is 0 Å². The van der Waals surface area contributed by atoms with Gasteiger partial charge in [0.15, 0.2) is 0 Å². The van der Waals surface area contributed by atoms with Crippen molar-refractivity contribution in [1.29, 1.82) is 0 Å². The van der Waals surface area contributed by atoms with Crippen LogP contribution in [0.1, 0.15) is 11.5 Å². The van der Waals surface area contributed by atoms with Crippen molar-refractivity contribution in [3.05, 3.63) is 60.2 Å². The molecule has 1 unspecified atom stereocenters. The molecule has 0 aromatic heterocycles. The summed E-state index contributed by atoms with van der Waals surface area (Å²) in [6, 6.07) is 10.7. The Morgan fingerprint density at radius 3 is 2.31 bits per heavy atom. The van der Waals surface area contributed by atoms with Crippen LogP contribution in [0, 0.1) is 5.41 Å². The zero-order valence-corrected chi connectivity index (χ0v) is 12.1. The number of benzene rings is 1. The van der Waals surface area contributed by atoms with Crippen LogP contribution in [0.3, 0.4) is 0 Å². The highest BCUT2D eigenvalue weighted by Crippen LogP contribution is 2.43. The molecule has 1 atom stereocenters. The minimum Gasteiger partial charge on any atom is -0.0918 e. The highest BCUT2D eigenvalue weighted by atomic mass is 79.9. The molecule has 84 valence electrons. The molecule has 0 aliphatic heterocycles. The Morgan fingerprint density at radius 1 is 1.00 bits per heavy atom. The summed E-state index contributed by atoms with van der Waals surface area (Å²) in [5.74, 6) is 0.442. The van der Waals surface area contributed by atoms with Crippen molar-refractivity contribution in [2.75, 3.05) is 10.7 Å². The highest BCUT2D eigenvalue weighted by Gasteiger charge is 2.35. The van der Waals surface area contributed by atoms with E-state index in [0.29, 0.717) is 5.92 Å². The summed E-state index contributed by atoms with van der Waals surface area (Å²) in [4.78, 5) is 0. The number of rotatable bonds is 3. The first kappa shape index (κ1) is 12.1. The molecule has 0 amide bonds. The molecule has 0 bridgehead atoms. The lowest BCUT2D eigenvalue weighted by molar-refractivity contribution is 0.448. The third kappa shape index (κ3) is 2.18. The molecule has 16 heavy (non-hydrogen) atoms. The van der Waals surface area contributed by atoms with Crippen LogP contribution in [-0.2, 0) is 0 Å². The second kappa shape index (κ2) is 5.33. The van der Waals surface area contributed by atoms with Crippen molar-refractivity contribution in [3.63, 3.8) is 0 Å². The first-order valence-electron chi connectivity index (χ1n) is 5.35. The quantitative estimate of drug-likeness (QED) is 0.700. The molecule has 0 fully saturated rings. The maximum absolute atomic E-state index is 3.65. The summed E-state index contributed by atoms with van der Waals surface area (Å²) in [5.41, 5.74) is 1.53. The summed E-state index contributed by atoms with van der Waals surface area (Å²) < 4.78 is 0. The van der Waals surface area contributed by atoms with Gasteiger partial charge in [-0.15, -0.1) is 0 Å². The van der Waals surface area contributed by atoms with E-state index in [-0.39, 0.29) is 5.41 Å². The number of alkyl halides is 2. The van der Waals surface area contributed by atoms with Gasteiger partial charge in [0, 0.05) is 22.0 Å². The largest absolute Gasteiger partial charge is 0.0918 e. The van der Waals surface area contributed by atoms with Crippen molar-refractivity contribution in [3.8, 4) is 0 Å². The van der Waals surface area contributed by atoms with E-state index in [4.69, 9.17) is 0 Å². The SMILES string of the molecule is BrCC1(CBr)C=CC=CC1c1ccccc1. The van der Waals surface area contributed by atoms with Gasteiger partial charge in [-0.3, -0.25) is 0 Å². The average molecular weight is 342 g/mol. The Morgan fingerprint density at radius 2 is 1.69 bits per heavy atom. The standard InChI is InChI=1S/C14H14Br2/c15-10-14(11-16)9-5-4-8-13(14)12-6-2-1-3-7-12/h1-9,13H,10-11H2. The maximum Gasteiger partial charge on any atom is 0.0182 e. The lowest BCUT2D eigenvalue weighted by Gasteiger charge is -2.36. The van der Waals surface area contributed by atoms with Crippen LogP contribution in [-0.4, -0.2) is 10.7 Å². The van der Waals surface area contributed by atoms with Crippen molar-refractivity contribution in [2.45, 2.75) is 5.92 Å². The minimum atomic E-state index is 0.149. The molecule has 1 aliphatic rings. The summed E-state index contributed by atoms with van der Waals surface area (Å²) in [6.07, 6.45) is 8.87. The van der Waals surface area contributed by atoms with E-state index in [1.807, 2.05) is 0 Å². The number of allylic oxidation sites excluding steroid dienone is 4. The topological polar surface area (TPSA) is 0 Å². The monoisotopic (exact) mass is 340 g/mol. The zero-order chi connectivity index (χ0) is 11.4. The molecule has 0 N–H and O–H groups in total. The van der Waals surface area contributed by atoms with E-state index in [0.717, 1.165) is 10.7 Å². The van der Waals surface area contributed by atoms with Crippen molar-refractivity contribution >= 4 is 31.9 Å². The van der Waals surface area contributed by atoms with E-state index in [1.54, 1.807) is 0 Å². The van der Waals surface area contributed by atoms with Gasteiger partial charge in [-0.2, -0.15) is 0 Å². The second-order valence-electron chi connectivity index (χ2n) is 4.13. The van der Waals surface area contributed by atoms with Gasteiger partial charge in [-0.25, -0.2) is 0 Å². The zero-order valence-electron chi connectivity index (χ0n) is 8.94. The van der Waals surface area contributed by atoms with Gasteiger partial charge in [-0.05, 0) is 5.56 Å².